The summed E-state index contributed by atoms with van der Waals surface area (Å²) >= 11 is 20.2. The largest absolute Gasteiger partial charge is 0.330 e. The third-order valence-electron chi connectivity index (χ3n) is 2.81. The second-order valence-corrected chi connectivity index (χ2v) is 6.44. The number of benzene rings is 2. The van der Waals surface area contributed by atoms with E-state index in [1.807, 2.05) is 41.0 Å². The van der Waals surface area contributed by atoms with Crippen molar-refractivity contribution in [2.75, 3.05) is 0 Å². The van der Waals surface area contributed by atoms with Crippen molar-refractivity contribution in [3.05, 3.63) is 54.8 Å². The zero-order valence-corrected chi connectivity index (χ0v) is 13.9. The number of nitrogens with one attached hydrogen (secondary N) is 1. The molecule has 0 aliphatic rings. The number of H-pyrrole nitrogens is 1. The number of halogens is 3. The third-order valence-corrected chi connectivity index (χ3v) is 4.37. The molecule has 96 valence electrons. The Labute approximate surface area is 138 Å². The van der Waals surface area contributed by atoms with Crippen LogP contribution in [-0.4, -0.2) is 9.55 Å². The molecule has 2 nitrogen and oxygen atoms in total. The first kappa shape index (κ1) is 13.4. The van der Waals surface area contributed by atoms with Crippen molar-refractivity contribution in [2.24, 2.45) is 0 Å². The highest BCUT2D eigenvalue weighted by Crippen LogP contribution is 2.30. The molecule has 2 aromatic carbocycles. The predicted octanol–water partition coefficient (Wildman–Crippen LogP) is 5.60. The summed E-state index contributed by atoms with van der Waals surface area (Å²) in [5.41, 5.74) is 2.57. The highest BCUT2D eigenvalue weighted by Gasteiger charge is 2.12. The van der Waals surface area contributed by atoms with Gasteiger partial charge in [-0.25, -0.2) is 0 Å². The fourth-order valence-electron chi connectivity index (χ4n) is 2.01. The number of hydrogen-bond acceptors (Lipinski definition) is 1. The van der Waals surface area contributed by atoms with Crippen LogP contribution in [0, 0.1) is 8.34 Å². The van der Waals surface area contributed by atoms with Gasteiger partial charge in [-0.1, -0.05) is 29.3 Å². The summed E-state index contributed by atoms with van der Waals surface area (Å²) in [7, 11) is 0. The molecule has 1 aromatic heterocycles. The second-order valence-electron chi connectivity index (χ2n) is 4.00. The lowest BCUT2D eigenvalue weighted by molar-refractivity contribution is 1.06. The highest BCUT2D eigenvalue weighted by molar-refractivity contribution is 14.1. The summed E-state index contributed by atoms with van der Waals surface area (Å²) in [5, 5.41) is 1.28. The van der Waals surface area contributed by atoms with Gasteiger partial charge in [0.15, 0.2) is 4.77 Å². The average molecular weight is 421 g/mol. The minimum atomic E-state index is 0.575. The summed E-state index contributed by atoms with van der Waals surface area (Å²) in [6.45, 7) is 0. The van der Waals surface area contributed by atoms with Gasteiger partial charge in [0.05, 0.1) is 26.8 Å². The zero-order valence-electron chi connectivity index (χ0n) is 9.45. The molecule has 3 rings (SSSR count). The van der Waals surface area contributed by atoms with Gasteiger partial charge in [0.25, 0.3) is 0 Å². The summed E-state index contributed by atoms with van der Waals surface area (Å²) in [4.78, 5) is 3.14. The summed E-state index contributed by atoms with van der Waals surface area (Å²) in [6.07, 6.45) is 0. The first-order valence-corrected chi connectivity index (χ1v) is 7.67. The normalized spacial score (nSPS) is 11.1. The highest BCUT2D eigenvalue weighted by atomic mass is 127. The van der Waals surface area contributed by atoms with Crippen LogP contribution in [0.3, 0.4) is 0 Å². The van der Waals surface area contributed by atoms with E-state index in [1.165, 1.54) is 0 Å². The fourth-order valence-corrected chi connectivity index (χ4v) is 3.51. The van der Waals surface area contributed by atoms with Crippen molar-refractivity contribution in [1.82, 2.24) is 9.55 Å². The molecule has 0 amide bonds. The van der Waals surface area contributed by atoms with E-state index in [9.17, 15) is 0 Å². The lowest BCUT2D eigenvalue weighted by Crippen LogP contribution is -1.96. The van der Waals surface area contributed by atoms with Crippen LogP contribution in [0.4, 0.5) is 0 Å². The number of aromatic nitrogens is 2. The standard InChI is InChI=1S/C13H7Cl2IN2S/c14-8-2-1-3-10-12(8)18(13(19)17-10)11-5-4-7(16)6-9(11)15/h1-6H,(H,17,19). The van der Waals surface area contributed by atoms with Gasteiger partial charge in [-0.3, -0.25) is 4.57 Å². The SMILES string of the molecule is S=c1[nH]c2cccc(Cl)c2n1-c1ccc(I)cc1Cl. The Kier molecular flexibility index (Phi) is 3.59. The van der Waals surface area contributed by atoms with E-state index in [1.54, 1.807) is 0 Å². The van der Waals surface area contributed by atoms with Crippen LogP contribution >= 0.6 is 58.0 Å². The Morgan fingerprint density at radius 3 is 2.63 bits per heavy atom. The van der Waals surface area contributed by atoms with Gasteiger partial charge in [-0.15, -0.1) is 0 Å². The van der Waals surface area contributed by atoms with Gasteiger partial charge in [-0.2, -0.15) is 0 Å². The number of imidazole rings is 1. The molecular formula is C13H7Cl2IN2S. The Hall–Kier alpha value is -0.560. The van der Waals surface area contributed by atoms with Gasteiger partial charge < -0.3 is 4.98 Å². The van der Waals surface area contributed by atoms with E-state index in [0.717, 1.165) is 20.3 Å². The van der Waals surface area contributed by atoms with Crippen molar-refractivity contribution >= 4 is 69.0 Å². The third kappa shape index (κ3) is 2.31. The molecule has 19 heavy (non-hydrogen) atoms. The van der Waals surface area contributed by atoms with Crippen molar-refractivity contribution in [2.45, 2.75) is 0 Å². The van der Waals surface area contributed by atoms with Crippen LogP contribution < -0.4 is 0 Å². The van der Waals surface area contributed by atoms with Crippen molar-refractivity contribution < 1.29 is 0 Å². The first-order valence-electron chi connectivity index (χ1n) is 5.42. The van der Waals surface area contributed by atoms with Gasteiger partial charge in [0.1, 0.15) is 0 Å². The molecule has 1 heterocycles. The topological polar surface area (TPSA) is 20.7 Å². The van der Waals surface area contributed by atoms with Crippen LogP contribution in [0.5, 0.6) is 0 Å². The number of fused-ring (bicyclic) bond motifs is 1. The van der Waals surface area contributed by atoms with Crippen molar-refractivity contribution in [3.8, 4) is 5.69 Å². The molecule has 0 atom stereocenters. The molecule has 0 saturated carbocycles. The quantitative estimate of drug-likeness (QED) is 0.401. The van der Waals surface area contributed by atoms with E-state index in [2.05, 4.69) is 27.6 Å². The summed E-state index contributed by atoms with van der Waals surface area (Å²) in [6, 6.07) is 11.5. The Morgan fingerprint density at radius 1 is 1.11 bits per heavy atom. The summed E-state index contributed by atoms with van der Waals surface area (Å²) < 4.78 is 3.51. The van der Waals surface area contributed by atoms with E-state index >= 15 is 0 Å². The monoisotopic (exact) mass is 420 g/mol. The number of aromatic amines is 1. The first-order chi connectivity index (χ1) is 9.08. The van der Waals surface area contributed by atoms with E-state index in [4.69, 9.17) is 35.4 Å². The number of para-hydroxylation sites is 1. The van der Waals surface area contributed by atoms with E-state index in [-0.39, 0.29) is 0 Å². The molecule has 3 aromatic rings. The van der Waals surface area contributed by atoms with Crippen LogP contribution in [-0.2, 0) is 0 Å². The lowest BCUT2D eigenvalue weighted by Gasteiger charge is -2.08. The maximum Gasteiger partial charge on any atom is 0.182 e. The zero-order chi connectivity index (χ0) is 13.6. The maximum absolute atomic E-state index is 6.32. The van der Waals surface area contributed by atoms with Crippen LogP contribution in [0.1, 0.15) is 0 Å². The van der Waals surface area contributed by atoms with Gasteiger partial charge >= 0.3 is 0 Å². The molecule has 0 radical (unpaired) electrons. The maximum atomic E-state index is 6.32. The Bertz CT molecular complexity index is 838. The molecule has 0 aliphatic heterocycles. The Morgan fingerprint density at radius 2 is 1.89 bits per heavy atom. The fraction of sp³-hybridized carbons (Fsp3) is 0. The number of hydrogen-bond donors (Lipinski definition) is 1. The minimum absolute atomic E-state index is 0.575. The molecule has 6 heteroatoms. The summed E-state index contributed by atoms with van der Waals surface area (Å²) in [5.74, 6) is 0. The molecule has 0 bridgehead atoms. The Balaban J connectivity index is 2.42. The molecule has 0 aliphatic carbocycles. The van der Waals surface area contributed by atoms with Crippen LogP contribution in [0.2, 0.25) is 10.0 Å². The minimum Gasteiger partial charge on any atom is -0.330 e. The number of nitrogens with zero attached hydrogens (tertiary/aromatic N) is 1. The predicted molar refractivity (Wildman–Crippen MR) is 91.2 cm³/mol. The van der Waals surface area contributed by atoms with Crippen molar-refractivity contribution in [3.63, 3.8) is 0 Å². The van der Waals surface area contributed by atoms with Gasteiger partial charge in [0.2, 0.25) is 0 Å². The van der Waals surface area contributed by atoms with Gasteiger partial charge in [0, 0.05) is 3.57 Å². The van der Waals surface area contributed by atoms with Crippen LogP contribution in [0.15, 0.2) is 36.4 Å². The lowest BCUT2D eigenvalue weighted by atomic mass is 10.3. The van der Waals surface area contributed by atoms with Crippen LogP contribution in [0.25, 0.3) is 16.7 Å². The van der Waals surface area contributed by atoms with Gasteiger partial charge in [-0.05, 0) is 65.1 Å². The van der Waals surface area contributed by atoms with Crippen molar-refractivity contribution in [1.29, 1.82) is 0 Å². The molecule has 0 spiro atoms. The van der Waals surface area contributed by atoms with E-state index in [0.29, 0.717) is 14.8 Å². The molecule has 0 saturated heterocycles. The average Bonchev–Trinajstić information content (AvgIpc) is 2.67. The molecule has 0 unspecified atom stereocenters. The molecule has 0 fully saturated rings. The molecule has 1 N–H and O–H groups in total. The number of rotatable bonds is 1. The second kappa shape index (κ2) is 5.09. The molecular weight excluding hydrogens is 414 g/mol. The smallest absolute Gasteiger partial charge is 0.182 e. The van der Waals surface area contributed by atoms with E-state index < -0.39 is 0 Å².